The third-order valence-corrected chi connectivity index (χ3v) is 1.71. The smallest absolute Gasteiger partial charge is 0.356 e. The van der Waals surface area contributed by atoms with Gasteiger partial charge in [0.25, 0.3) is 0 Å². The highest BCUT2D eigenvalue weighted by Crippen LogP contribution is 2.17. The van der Waals surface area contributed by atoms with Crippen molar-refractivity contribution < 1.29 is 29.7 Å². The highest BCUT2D eigenvalue weighted by Gasteiger charge is 2.21. The van der Waals surface area contributed by atoms with Crippen molar-refractivity contribution in [3.8, 4) is 0 Å². The molecule has 0 saturated heterocycles. The van der Waals surface area contributed by atoms with Crippen LogP contribution in [0.2, 0.25) is 0 Å². The molecule has 0 aliphatic carbocycles. The number of nitrogens with zero attached hydrogens (tertiary/aromatic N) is 1. The van der Waals surface area contributed by atoms with Crippen molar-refractivity contribution in [1.29, 1.82) is 0 Å². The first kappa shape index (κ1) is 11.4. The number of aromatic nitrogens is 1. The van der Waals surface area contributed by atoms with Crippen LogP contribution in [-0.4, -0.2) is 38.2 Å². The molecule has 16 heavy (non-hydrogen) atoms. The second-order valence-electron chi connectivity index (χ2n) is 2.73. The molecular formula is C8H6N2O6. The van der Waals surface area contributed by atoms with E-state index in [1.54, 1.807) is 0 Å². The minimum atomic E-state index is -1.59. The molecule has 0 bridgehead atoms. The second-order valence-corrected chi connectivity index (χ2v) is 2.73. The molecule has 0 fully saturated rings. The van der Waals surface area contributed by atoms with Crippen LogP contribution in [-0.2, 0) is 0 Å². The highest BCUT2D eigenvalue weighted by atomic mass is 16.4. The minimum Gasteiger partial charge on any atom is -0.478 e. The number of carbonyl (C=O) groups is 3. The van der Waals surface area contributed by atoms with E-state index >= 15 is 0 Å². The van der Waals surface area contributed by atoms with Crippen LogP contribution >= 0.6 is 0 Å². The number of nitrogen functional groups attached to an aromatic ring is 1. The summed E-state index contributed by atoms with van der Waals surface area (Å²) in [6.07, 6.45) is 0. The molecular weight excluding hydrogens is 220 g/mol. The first-order valence-electron chi connectivity index (χ1n) is 3.85. The van der Waals surface area contributed by atoms with Crippen molar-refractivity contribution in [2.24, 2.45) is 0 Å². The van der Waals surface area contributed by atoms with Crippen LogP contribution in [0.25, 0.3) is 0 Å². The summed E-state index contributed by atoms with van der Waals surface area (Å²) in [5, 5.41) is 25.9. The van der Waals surface area contributed by atoms with Crippen LogP contribution in [0.5, 0.6) is 0 Å². The van der Waals surface area contributed by atoms with Crippen LogP contribution in [0, 0.1) is 0 Å². The molecule has 1 rings (SSSR count). The predicted molar refractivity (Wildman–Crippen MR) is 49.5 cm³/mol. The Hall–Kier alpha value is -2.64. The Balaban J connectivity index is 3.57. The number of carboxylic acid groups (broad SMARTS) is 3. The number of hydrogen-bond donors (Lipinski definition) is 4. The Labute approximate surface area is 88.0 Å². The topological polar surface area (TPSA) is 151 Å². The quantitative estimate of drug-likeness (QED) is 0.551. The average Bonchev–Trinajstić information content (AvgIpc) is 2.16. The fraction of sp³-hybridized carbons (Fsp3) is 0. The lowest BCUT2D eigenvalue weighted by atomic mass is 10.1. The van der Waals surface area contributed by atoms with E-state index in [9.17, 15) is 14.4 Å². The fourth-order valence-electron chi connectivity index (χ4n) is 1.00. The molecule has 1 aromatic rings. The van der Waals surface area contributed by atoms with Crippen LogP contribution in [0.4, 0.5) is 5.69 Å². The Morgan fingerprint density at radius 1 is 1.06 bits per heavy atom. The van der Waals surface area contributed by atoms with Gasteiger partial charge in [0.05, 0.1) is 11.3 Å². The van der Waals surface area contributed by atoms with Gasteiger partial charge >= 0.3 is 17.9 Å². The van der Waals surface area contributed by atoms with Crippen molar-refractivity contribution in [2.45, 2.75) is 0 Å². The highest BCUT2D eigenvalue weighted by molar-refractivity contribution is 6.03. The van der Waals surface area contributed by atoms with E-state index in [0.29, 0.717) is 6.07 Å². The van der Waals surface area contributed by atoms with Gasteiger partial charge in [0, 0.05) is 0 Å². The van der Waals surface area contributed by atoms with E-state index in [0.717, 1.165) is 0 Å². The molecule has 0 spiro atoms. The predicted octanol–water partition coefficient (Wildman–Crippen LogP) is -0.242. The van der Waals surface area contributed by atoms with E-state index < -0.39 is 40.5 Å². The zero-order valence-electron chi connectivity index (χ0n) is 7.67. The molecule has 84 valence electrons. The number of pyridine rings is 1. The van der Waals surface area contributed by atoms with Crippen molar-refractivity contribution in [3.63, 3.8) is 0 Å². The summed E-state index contributed by atoms with van der Waals surface area (Å²) in [6, 6.07) is 0.701. The minimum absolute atomic E-state index is 0.579. The summed E-state index contributed by atoms with van der Waals surface area (Å²) < 4.78 is 0. The van der Waals surface area contributed by atoms with Gasteiger partial charge in [-0.2, -0.15) is 0 Å². The first-order valence-corrected chi connectivity index (χ1v) is 3.85. The van der Waals surface area contributed by atoms with Crippen molar-refractivity contribution in [3.05, 3.63) is 23.0 Å². The number of anilines is 1. The summed E-state index contributed by atoms with van der Waals surface area (Å²) in [5.74, 6) is -4.65. The van der Waals surface area contributed by atoms with Gasteiger partial charge in [-0.25, -0.2) is 19.4 Å². The van der Waals surface area contributed by atoms with Crippen LogP contribution in [0.3, 0.4) is 0 Å². The van der Waals surface area contributed by atoms with E-state index in [1.807, 2.05) is 0 Å². The van der Waals surface area contributed by atoms with E-state index in [1.165, 1.54) is 0 Å². The average molecular weight is 226 g/mol. The molecule has 8 heteroatoms. The van der Waals surface area contributed by atoms with Crippen molar-refractivity contribution in [1.82, 2.24) is 4.98 Å². The standard InChI is InChI=1S/C8H6N2O6/c9-4-2(6(11)12)1-3(7(13)14)10-5(4)8(15)16/h1H,9H2,(H,11,12)(H,13,14)(H,15,16). The number of aromatic carboxylic acids is 3. The molecule has 0 radical (unpaired) electrons. The normalized spacial score (nSPS) is 9.75. The van der Waals surface area contributed by atoms with E-state index in [4.69, 9.17) is 21.1 Å². The molecule has 0 aliphatic heterocycles. The largest absolute Gasteiger partial charge is 0.478 e. The molecule has 0 aromatic carbocycles. The van der Waals surface area contributed by atoms with Gasteiger partial charge in [-0.15, -0.1) is 0 Å². The fourth-order valence-corrected chi connectivity index (χ4v) is 1.00. The maximum absolute atomic E-state index is 10.7. The Morgan fingerprint density at radius 3 is 2.00 bits per heavy atom. The summed E-state index contributed by atoms with van der Waals surface area (Å²) in [6.45, 7) is 0. The Bertz CT molecular complexity index is 460. The summed E-state index contributed by atoms with van der Waals surface area (Å²) in [7, 11) is 0. The zero-order valence-corrected chi connectivity index (χ0v) is 7.67. The van der Waals surface area contributed by atoms with E-state index in [-0.39, 0.29) is 0 Å². The first-order chi connectivity index (χ1) is 7.34. The summed E-state index contributed by atoms with van der Waals surface area (Å²) >= 11 is 0. The van der Waals surface area contributed by atoms with Gasteiger partial charge in [0.15, 0.2) is 5.69 Å². The van der Waals surface area contributed by atoms with Gasteiger partial charge in [-0.1, -0.05) is 0 Å². The number of carboxylic acids is 3. The number of rotatable bonds is 3. The van der Waals surface area contributed by atoms with Crippen molar-refractivity contribution in [2.75, 3.05) is 5.73 Å². The van der Waals surface area contributed by atoms with Gasteiger partial charge in [-0.3, -0.25) is 0 Å². The molecule has 0 aliphatic rings. The second kappa shape index (κ2) is 3.85. The molecule has 0 unspecified atom stereocenters. The van der Waals surface area contributed by atoms with Gasteiger partial charge in [0.2, 0.25) is 0 Å². The van der Waals surface area contributed by atoms with E-state index in [2.05, 4.69) is 4.98 Å². The molecule has 1 heterocycles. The maximum Gasteiger partial charge on any atom is 0.356 e. The molecule has 0 saturated carbocycles. The molecule has 0 atom stereocenters. The monoisotopic (exact) mass is 226 g/mol. The van der Waals surface area contributed by atoms with Gasteiger partial charge in [0.1, 0.15) is 5.69 Å². The van der Waals surface area contributed by atoms with Crippen LogP contribution in [0.1, 0.15) is 31.3 Å². The Morgan fingerprint density at radius 2 is 1.62 bits per heavy atom. The summed E-state index contributed by atoms with van der Waals surface area (Å²) in [5.41, 5.74) is 2.57. The lowest BCUT2D eigenvalue weighted by Gasteiger charge is -2.05. The lowest BCUT2D eigenvalue weighted by molar-refractivity contribution is 0.0686. The van der Waals surface area contributed by atoms with Crippen molar-refractivity contribution >= 4 is 23.6 Å². The lowest BCUT2D eigenvalue weighted by Crippen LogP contribution is -2.15. The molecule has 5 N–H and O–H groups in total. The van der Waals surface area contributed by atoms with Gasteiger partial charge in [-0.05, 0) is 6.07 Å². The van der Waals surface area contributed by atoms with Crippen LogP contribution in [0.15, 0.2) is 6.07 Å². The molecule has 1 aromatic heterocycles. The maximum atomic E-state index is 10.7. The van der Waals surface area contributed by atoms with Crippen LogP contribution < -0.4 is 5.73 Å². The SMILES string of the molecule is Nc1c(C(=O)O)cc(C(=O)O)nc1C(=O)O. The summed E-state index contributed by atoms with van der Waals surface area (Å²) in [4.78, 5) is 35.1. The third-order valence-electron chi connectivity index (χ3n) is 1.71. The number of nitrogens with two attached hydrogens (primary N) is 1. The third kappa shape index (κ3) is 1.90. The molecule has 8 nitrogen and oxygen atoms in total. The van der Waals surface area contributed by atoms with Gasteiger partial charge < -0.3 is 21.1 Å². The zero-order chi connectivity index (χ0) is 12.5. The Kier molecular flexibility index (Phi) is 2.75. The molecule has 0 amide bonds. The number of hydrogen-bond acceptors (Lipinski definition) is 5.